The molecule has 1 aromatic heterocycles. The van der Waals surface area contributed by atoms with Gasteiger partial charge in [0.15, 0.2) is 0 Å². The van der Waals surface area contributed by atoms with E-state index in [-0.39, 0.29) is 11.9 Å². The number of aromatic nitrogens is 3. The molecular formula is C15H16N4O2. The molecule has 2 heterocycles. The first kappa shape index (κ1) is 12.4. The largest absolute Gasteiger partial charge is 0.490 e. The maximum atomic E-state index is 12.6. The van der Waals surface area contributed by atoms with Crippen LogP contribution in [0, 0.1) is 0 Å². The van der Waals surface area contributed by atoms with Crippen LogP contribution >= 0.6 is 0 Å². The second kappa shape index (κ2) is 4.87. The highest BCUT2D eigenvalue weighted by Crippen LogP contribution is 2.31. The van der Waals surface area contributed by atoms with Crippen LogP contribution in [-0.2, 0) is 0 Å². The first-order valence-corrected chi connectivity index (χ1v) is 7.22. The summed E-state index contributed by atoms with van der Waals surface area (Å²) in [7, 11) is 0. The Bertz CT molecular complexity index is 645. The quantitative estimate of drug-likeness (QED) is 0.854. The van der Waals surface area contributed by atoms with Crippen LogP contribution in [0.2, 0.25) is 0 Å². The smallest absolute Gasteiger partial charge is 0.257 e. The number of nitrogens with zero attached hydrogens (tertiary/aromatic N) is 4. The van der Waals surface area contributed by atoms with Gasteiger partial charge >= 0.3 is 0 Å². The summed E-state index contributed by atoms with van der Waals surface area (Å²) >= 11 is 0. The van der Waals surface area contributed by atoms with E-state index in [1.807, 2.05) is 35.4 Å². The number of benzene rings is 1. The second-order valence-corrected chi connectivity index (χ2v) is 5.56. The van der Waals surface area contributed by atoms with Crippen molar-refractivity contribution in [2.24, 2.45) is 0 Å². The van der Waals surface area contributed by atoms with E-state index in [1.165, 1.54) is 0 Å². The molecule has 1 aromatic carbocycles. The predicted octanol–water partition coefficient (Wildman–Crippen LogP) is 1.52. The first-order valence-electron chi connectivity index (χ1n) is 7.22. The molecule has 1 aliphatic carbocycles. The molecule has 0 N–H and O–H groups in total. The van der Waals surface area contributed by atoms with Crippen molar-refractivity contribution in [3.63, 3.8) is 0 Å². The molecule has 0 spiro atoms. The Balaban J connectivity index is 1.46. The van der Waals surface area contributed by atoms with Gasteiger partial charge in [-0.1, -0.05) is 17.3 Å². The van der Waals surface area contributed by atoms with Crippen LogP contribution in [0.5, 0.6) is 5.75 Å². The molecule has 1 saturated heterocycles. The van der Waals surface area contributed by atoms with E-state index in [0.29, 0.717) is 30.5 Å². The van der Waals surface area contributed by atoms with Crippen molar-refractivity contribution >= 4 is 5.91 Å². The van der Waals surface area contributed by atoms with E-state index in [4.69, 9.17) is 4.74 Å². The Morgan fingerprint density at radius 2 is 2.05 bits per heavy atom. The number of ether oxygens (including phenoxy) is 1. The molecule has 2 aliphatic rings. The monoisotopic (exact) mass is 284 g/mol. The third kappa shape index (κ3) is 2.37. The summed E-state index contributed by atoms with van der Waals surface area (Å²) in [6.45, 7) is 1.33. The van der Waals surface area contributed by atoms with Gasteiger partial charge in [0.05, 0.1) is 23.9 Å². The van der Waals surface area contributed by atoms with Gasteiger partial charge in [0.1, 0.15) is 5.75 Å². The predicted molar refractivity (Wildman–Crippen MR) is 75.1 cm³/mol. The molecule has 6 heteroatoms. The molecule has 0 unspecified atom stereocenters. The van der Waals surface area contributed by atoms with Crippen LogP contribution in [-0.4, -0.2) is 45.0 Å². The second-order valence-electron chi connectivity index (χ2n) is 5.56. The topological polar surface area (TPSA) is 60.2 Å². The minimum absolute atomic E-state index is 0.0302. The third-order valence-electron chi connectivity index (χ3n) is 3.90. The molecule has 0 radical (unpaired) electrons. The summed E-state index contributed by atoms with van der Waals surface area (Å²) in [4.78, 5) is 14.4. The third-order valence-corrected chi connectivity index (χ3v) is 3.90. The lowest BCUT2D eigenvalue weighted by molar-refractivity contribution is 0.0494. The number of likely N-dealkylation sites (tertiary alicyclic amines) is 1. The molecule has 108 valence electrons. The SMILES string of the molecule is O=C(c1ccccc1OC1CC1)N1CC(n2ccnn2)C1. The van der Waals surface area contributed by atoms with E-state index in [2.05, 4.69) is 10.3 Å². The van der Waals surface area contributed by atoms with Crippen LogP contribution in [0.15, 0.2) is 36.7 Å². The van der Waals surface area contributed by atoms with Crippen LogP contribution in [0.25, 0.3) is 0 Å². The molecule has 2 aromatic rings. The average Bonchev–Trinajstić information content (AvgIpc) is 3.10. The van der Waals surface area contributed by atoms with E-state index < -0.39 is 0 Å². The van der Waals surface area contributed by atoms with Gasteiger partial charge in [-0.3, -0.25) is 4.79 Å². The van der Waals surface area contributed by atoms with Crippen molar-refractivity contribution in [1.29, 1.82) is 0 Å². The number of carbonyl (C=O) groups excluding carboxylic acids is 1. The molecular weight excluding hydrogens is 268 g/mol. The molecule has 1 aliphatic heterocycles. The van der Waals surface area contributed by atoms with Gasteiger partial charge in [-0.2, -0.15) is 0 Å². The lowest BCUT2D eigenvalue weighted by Crippen LogP contribution is -2.51. The van der Waals surface area contributed by atoms with Gasteiger partial charge in [0.2, 0.25) is 0 Å². The number of hydrogen-bond donors (Lipinski definition) is 0. The first-order chi connectivity index (χ1) is 10.3. The Morgan fingerprint density at radius 3 is 2.76 bits per heavy atom. The molecule has 4 rings (SSSR count). The van der Waals surface area contributed by atoms with Crippen molar-refractivity contribution in [2.75, 3.05) is 13.1 Å². The summed E-state index contributed by atoms with van der Waals surface area (Å²) in [6, 6.07) is 7.72. The zero-order chi connectivity index (χ0) is 14.2. The van der Waals surface area contributed by atoms with Crippen LogP contribution in [0.3, 0.4) is 0 Å². The summed E-state index contributed by atoms with van der Waals surface area (Å²) < 4.78 is 7.62. The Labute approximate surface area is 122 Å². The number of para-hydroxylation sites is 1. The minimum Gasteiger partial charge on any atom is -0.490 e. The van der Waals surface area contributed by atoms with Gasteiger partial charge < -0.3 is 9.64 Å². The van der Waals surface area contributed by atoms with Crippen LogP contribution in [0.1, 0.15) is 29.2 Å². The lowest BCUT2D eigenvalue weighted by atomic mass is 10.1. The maximum absolute atomic E-state index is 12.6. The fourth-order valence-corrected chi connectivity index (χ4v) is 2.48. The molecule has 1 saturated carbocycles. The highest BCUT2D eigenvalue weighted by molar-refractivity contribution is 5.97. The fraction of sp³-hybridized carbons (Fsp3) is 0.400. The number of amides is 1. The number of hydrogen-bond acceptors (Lipinski definition) is 4. The zero-order valence-electron chi connectivity index (χ0n) is 11.6. The Hall–Kier alpha value is -2.37. The van der Waals surface area contributed by atoms with Gasteiger partial charge in [-0.05, 0) is 25.0 Å². The van der Waals surface area contributed by atoms with E-state index in [9.17, 15) is 4.79 Å². The average molecular weight is 284 g/mol. The van der Waals surface area contributed by atoms with Crippen molar-refractivity contribution in [1.82, 2.24) is 19.9 Å². The van der Waals surface area contributed by atoms with Gasteiger partial charge in [-0.15, -0.1) is 5.10 Å². The van der Waals surface area contributed by atoms with Crippen molar-refractivity contribution in [3.8, 4) is 5.75 Å². The Kier molecular flexibility index (Phi) is 2.87. The van der Waals surface area contributed by atoms with E-state index >= 15 is 0 Å². The van der Waals surface area contributed by atoms with E-state index in [0.717, 1.165) is 12.8 Å². The molecule has 21 heavy (non-hydrogen) atoms. The minimum atomic E-state index is 0.0302. The van der Waals surface area contributed by atoms with Gasteiger partial charge in [0.25, 0.3) is 5.91 Å². The molecule has 6 nitrogen and oxygen atoms in total. The maximum Gasteiger partial charge on any atom is 0.257 e. The summed E-state index contributed by atoms with van der Waals surface area (Å²) in [6.07, 6.45) is 5.94. The highest BCUT2D eigenvalue weighted by Gasteiger charge is 2.34. The highest BCUT2D eigenvalue weighted by atomic mass is 16.5. The van der Waals surface area contributed by atoms with Gasteiger partial charge in [-0.25, -0.2) is 4.68 Å². The fourth-order valence-electron chi connectivity index (χ4n) is 2.48. The van der Waals surface area contributed by atoms with Crippen molar-refractivity contribution in [2.45, 2.75) is 25.0 Å². The van der Waals surface area contributed by atoms with Crippen LogP contribution < -0.4 is 4.74 Å². The molecule has 0 bridgehead atoms. The standard InChI is InChI=1S/C15H16N4O2/c20-15(18-9-11(10-18)19-8-7-16-17-19)13-3-1-2-4-14(13)21-12-5-6-12/h1-4,7-8,11-12H,5-6,9-10H2. The molecule has 0 atom stereocenters. The van der Waals surface area contributed by atoms with Crippen molar-refractivity contribution in [3.05, 3.63) is 42.2 Å². The van der Waals surface area contributed by atoms with E-state index in [1.54, 1.807) is 10.9 Å². The Morgan fingerprint density at radius 1 is 1.24 bits per heavy atom. The van der Waals surface area contributed by atoms with Gasteiger partial charge in [0, 0.05) is 19.3 Å². The van der Waals surface area contributed by atoms with Crippen LogP contribution in [0.4, 0.5) is 0 Å². The van der Waals surface area contributed by atoms with Crippen molar-refractivity contribution < 1.29 is 9.53 Å². The summed E-state index contributed by atoms with van der Waals surface area (Å²) in [5.74, 6) is 0.733. The molecule has 1 amide bonds. The zero-order valence-corrected chi connectivity index (χ0v) is 11.6. The molecule has 2 fully saturated rings. The number of carbonyl (C=O) groups is 1. The summed E-state index contributed by atoms with van der Waals surface area (Å²) in [5.41, 5.74) is 0.654. The normalized spacial score (nSPS) is 18.4. The summed E-state index contributed by atoms with van der Waals surface area (Å²) in [5, 5.41) is 7.77. The lowest BCUT2D eigenvalue weighted by Gasteiger charge is -2.39. The number of rotatable bonds is 4.